The maximum absolute atomic E-state index is 11.0. The molecule has 2 N–H and O–H groups in total. The maximum atomic E-state index is 11.0. The number of carbonyl (C=O) groups excluding carboxylic acids is 1. The number of likely N-dealkylation sites (N-methyl/N-ethyl adjacent to an activating group) is 1. The van der Waals surface area contributed by atoms with Crippen molar-refractivity contribution in [3.63, 3.8) is 0 Å². The molecule has 1 rings (SSSR count). The lowest BCUT2D eigenvalue weighted by atomic mass is 9.75. The van der Waals surface area contributed by atoms with E-state index in [1.54, 1.807) is 7.05 Å². The highest BCUT2D eigenvalue weighted by Gasteiger charge is 2.38. The van der Waals surface area contributed by atoms with Crippen LogP contribution in [0.3, 0.4) is 0 Å². The van der Waals surface area contributed by atoms with Gasteiger partial charge in [-0.25, -0.2) is 4.79 Å². The average Bonchev–Trinajstić information content (AvgIpc) is 2.01. The van der Waals surface area contributed by atoms with Gasteiger partial charge >= 0.3 is 6.03 Å². The van der Waals surface area contributed by atoms with Gasteiger partial charge in [-0.3, -0.25) is 0 Å². The number of urea groups is 1. The molecule has 1 aliphatic carbocycles. The molecular formula is C9H19N3O. The van der Waals surface area contributed by atoms with E-state index in [-0.39, 0.29) is 11.6 Å². The number of amides is 2. The van der Waals surface area contributed by atoms with Crippen LogP contribution in [0.25, 0.3) is 0 Å². The number of rotatable bonds is 3. The molecule has 0 saturated heterocycles. The normalized spacial score (nSPS) is 19.4. The number of nitrogens with zero attached hydrogens (tertiary/aromatic N) is 1. The van der Waals surface area contributed by atoms with E-state index < -0.39 is 0 Å². The van der Waals surface area contributed by atoms with Crippen LogP contribution in [0, 0.1) is 0 Å². The molecule has 0 bridgehead atoms. The molecule has 13 heavy (non-hydrogen) atoms. The van der Waals surface area contributed by atoms with Gasteiger partial charge in [-0.15, -0.1) is 0 Å². The van der Waals surface area contributed by atoms with Crippen molar-refractivity contribution < 1.29 is 4.79 Å². The Labute approximate surface area is 79.7 Å². The summed E-state index contributed by atoms with van der Waals surface area (Å²) in [5.41, 5.74) is 0.215. The summed E-state index contributed by atoms with van der Waals surface area (Å²) in [6.07, 6.45) is 3.64. The monoisotopic (exact) mass is 185 g/mol. The van der Waals surface area contributed by atoms with E-state index in [4.69, 9.17) is 0 Å². The van der Waals surface area contributed by atoms with E-state index in [9.17, 15) is 4.79 Å². The quantitative estimate of drug-likeness (QED) is 0.668. The number of hydrogen-bond acceptors (Lipinski definition) is 2. The summed E-state index contributed by atoms with van der Waals surface area (Å²) >= 11 is 0. The highest BCUT2D eigenvalue weighted by atomic mass is 16.2. The van der Waals surface area contributed by atoms with Gasteiger partial charge < -0.3 is 15.5 Å². The van der Waals surface area contributed by atoms with Gasteiger partial charge in [-0.05, 0) is 33.4 Å². The topological polar surface area (TPSA) is 44.4 Å². The molecular weight excluding hydrogens is 166 g/mol. The Morgan fingerprint density at radius 1 is 1.46 bits per heavy atom. The largest absolute Gasteiger partial charge is 0.341 e. The summed E-state index contributed by atoms with van der Waals surface area (Å²) in [5, 5.41) is 5.42. The highest BCUT2D eigenvalue weighted by Crippen LogP contribution is 2.35. The van der Waals surface area contributed by atoms with Crippen LogP contribution in [-0.2, 0) is 0 Å². The lowest BCUT2D eigenvalue weighted by Gasteiger charge is -2.47. The third-order valence-corrected chi connectivity index (χ3v) is 3.04. The van der Waals surface area contributed by atoms with Crippen molar-refractivity contribution in [2.45, 2.75) is 24.8 Å². The molecule has 0 aromatic carbocycles. The Morgan fingerprint density at radius 2 is 2.08 bits per heavy atom. The van der Waals surface area contributed by atoms with Gasteiger partial charge in [0.1, 0.15) is 0 Å². The van der Waals surface area contributed by atoms with Crippen LogP contribution in [0.15, 0.2) is 0 Å². The minimum absolute atomic E-state index is 0.0897. The molecule has 0 heterocycles. The first kappa shape index (κ1) is 10.3. The first-order chi connectivity index (χ1) is 6.10. The second-order valence-electron chi connectivity index (χ2n) is 3.90. The molecule has 0 aromatic rings. The lowest BCUT2D eigenvalue weighted by molar-refractivity contribution is 0.0626. The molecule has 0 radical (unpaired) electrons. The molecule has 2 amide bonds. The van der Waals surface area contributed by atoms with Crippen LogP contribution in [0.4, 0.5) is 4.79 Å². The van der Waals surface area contributed by atoms with Gasteiger partial charge in [0.25, 0.3) is 0 Å². The maximum Gasteiger partial charge on any atom is 0.314 e. The van der Waals surface area contributed by atoms with Crippen LogP contribution < -0.4 is 10.6 Å². The minimum Gasteiger partial charge on any atom is -0.341 e. The van der Waals surface area contributed by atoms with Crippen molar-refractivity contribution in [1.82, 2.24) is 15.5 Å². The van der Waals surface area contributed by atoms with Crippen LogP contribution in [-0.4, -0.2) is 44.2 Å². The molecule has 76 valence electrons. The van der Waals surface area contributed by atoms with Crippen molar-refractivity contribution in [3.8, 4) is 0 Å². The third-order valence-electron chi connectivity index (χ3n) is 3.04. The summed E-state index contributed by atoms with van der Waals surface area (Å²) < 4.78 is 0. The number of nitrogens with one attached hydrogen (secondary N) is 2. The van der Waals surface area contributed by atoms with Gasteiger partial charge in [0, 0.05) is 19.1 Å². The molecule has 1 aliphatic rings. The molecule has 4 nitrogen and oxygen atoms in total. The third kappa shape index (κ3) is 2.12. The SMILES string of the molecule is CNC(=O)NCC1(N(C)C)CCC1. The van der Waals surface area contributed by atoms with Crippen molar-refractivity contribution in [2.24, 2.45) is 0 Å². The average molecular weight is 185 g/mol. The van der Waals surface area contributed by atoms with E-state index in [1.165, 1.54) is 19.3 Å². The zero-order valence-electron chi connectivity index (χ0n) is 8.68. The summed E-state index contributed by atoms with van der Waals surface area (Å²) in [6.45, 7) is 0.750. The van der Waals surface area contributed by atoms with Gasteiger partial charge in [0.2, 0.25) is 0 Å². The molecule has 0 atom stereocenters. The van der Waals surface area contributed by atoms with Gasteiger partial charge in [-0.2, -0.15) is 0 Å². The molecule has 1 fully saturated rings. The summed E-state index contributed by atoms with van der Waals surface area (Å²) in [6, 6.07) is -0.0897. The van der Waals surface area contributed by atoms with E-state index in [0.29, 0.717) is 0 Å². The van der Waals surface area contributed by atoms with Gasteiger partial charge in [0.05, 0.1) is 0 Å². The molecule has 0 aromatic heterocycles. The predicted octanol–water partition coefficient (Wildman–Crippen LogP) is 0.400. The van der Waals surface area contributed by atoms with Crippen LogP contribution in [0.2, 0.25) is 0 Å². The van der Waals surface area contributed by atoms with Crippen molar-refractivity contribution >= 4 is 6.03 Å². The van der Waals surface area contributed by atoms with E-state index in [2.05, 4.69) is 29.6 Å². The summed E-state index contributed by atoms with van der Waals surface area (Å²) in [7, 11) is 5.79. The fraction of sp³-hybridized carbons (Fsp3) is 0.889. The van der Waals surface area contributed by atoms with Gasteiger partial charge in [0.15, 0.2) is 0 Å². The Balaban J connectivity index is 2.36. The number of carbonyl (C=O) groups is 1. The Hall–Kier alpha value is -0.770. The molecule has 0 spiro atoms. The van der Waals surface area contributed by atoms with Crippen molar-refractivity contribution in [3.05, 3.63) is 0 Å². The van der Waals surface area contributed by atoms with Crippen LogP contribution in [0.5, 0.6) is 0 Å². The lowest BCUT2D eigenvalue weighted by Crippen LogP contribution is -2.58. The Kier molecular flexibility index (Phi) is 3.14. The fourth-order valence-corrected chi connectivity index (χ4v) is 1.70. The first-order valence-electron chi connectivity index (χ1n) is 4.74. The smallest absolute Gasteiger partial charge is 0.314 e. The highest BCUT2D eigenvalue weighted by molar-refractivity contribution is 5.73. The second kappa shape index (κ2) is 3.96. The molecule has 0 aliphatic heterocycles. The summed E-state index contributed by atoms with van der Waals surface area (Å²) in [4.78, 5) is 13.2. The Morgan fingerprint density at radius 3 is 2.38 bits per heavy atom. The number of hydrogen-bond donors (Lipinski definition) is 2. The zero-order valence-corrected chi connectivity index (χ0v) is 8.68. The molecule has 1 saturated carbocycles. The molecule has 0 unspecified atom stereocenters. The minimum atomic E-state index is -0.0897. The predicted molar refractivity (Wildman–Crippen MR) is 52.7 cm³/mol. The van der Waals surface area contributed by atoms with E-state index in [0.717, 1.165) is 6.54 Å². The van der Waals surface area contributed by atoms with Gasteiger partial charge in [-0.1, -0.05) is 0 Å². The van der Waals surface area contributed by atoms with E-state index >= 15 is 0 Å². The van der Waals surface area contributed by atoms with Crippen LogP contribution >= 0.6 is 0 Å². The molecule has 4 heteroatoms. The summed E-state index contributed by atoms with van der Waals surface area (Å²) in [5.74, 6) is 0. The fourth-order valence-electron chi connectivity index (χ4n) is 1.70. The van der Waals surface area contributed by atoms with Crippen LogP contribution in [0.1, 0.15) is 19.3 Å². The first-order valence-corrected chi connectivity index (χ1v) is 4.74. The van der Waals surface area contributed by atoms with Crippen molar-refractivity contribution in [2.75, 3.05) is 27.7 Å². The second-order valence-corrected chi connectivity index (χ2v) is 3.90. The standard InChI is InChI=1S/C9H19N3O/c1-10-8(13)11-7-9(12(2)3)5-4-6-9/h4-7H2,1-3H3,(H2,10,11,13). The van der Waals surface area contributed by atoms with E-state index in [1.807, 2.05) is 0 Å². The zero-order chi connectivity index (χ0) is 9.90. The van der Waals surface area contributed by atoms with Crippen molar-refractivity contribution in [1.29, 1.82) is 0 Å². The Bertz CT molecular complexity index is 187.